The van der Waals surface area contributed by atoms with E-state index in [1.54, 1.807) is 10.7 Å². The van der Waals surface area contributed by atoms with Gasteiger partial charge in [0.15, 0.2) is 0 Å². The van der Waals surface area contributed by atoms with Gasteiger partial charge in [-0.05, 0) is 38.7 Å². The van der Waals surface area contributed by atoms with Gasteiger partial charge in [0.05, 0.1) is 17.8 Å². The first-order chi connectivity index (χ1) is 10.1. The molecule has 0 aromatic carbocycles. The summed E-state index contributed by atoms with van der Waals surface area (Å²) >= 11 is 0. The van der Waals surface area contributed by atoms with E-state index in [1.807, 2.05) is 13.8 Å². The molecule has 0 radical (unpaired) electrons. The second-order valence-corrected chi connectivity index (χ2v) is 6.47. The maximum Gasteiger partial charge on any atom is 0.267 e. The van der Waals surface area contributed by atoms with E-state index in [1.165, 1.54) is 12.8 Å². The summed E-state index contributed by atoms with van der Waals surface area (Å²) in [5.41, 5.74) is 2.20. The van der Waals surface area contributed by atoms with Crippen LogP contribution in [-0.4, -0.2) is 40.5 Å². The molecule has 1 fully saturated rings. The zero-order chi connectivity index (χ0) is 14.8. The normalized spacial score (nSPS) is 23.3. The zero-order valence-corrected chi connectivity index (χ0v) is 13.0. The molecular weight excluding hydrogens is 266 g/mol. The fourth-order valence-electron chi connectivity index (χ4n) is 3.24. The summed E-state index contributed by atoms with van der Waals surface area (Å²) in [6, 6.07) is 1.90. The van der Waals surface area contributed by atoms with E-state index < -0.39 is 0 Å². The van der Waals surface area contributed by atoms with Crippen LogP contribution in [0.3, 0.4) is 0 Å². The number of fused-ring (bicyclic) bond motifs is 1. The van der Waals surface area contributed by atoms with Crippen LogP contribution < -0.4 is 5.56 Å². The molecule has 3 rings (SSSR count). The number of ether oxygens (including phenoxy) is 1. The lowest BCUT2D eigenvalue weighted by molar-refractivity contribution is -0.00820. The predicted molar refractivity (Wildman–Crippen MR) is 81.5 cm³/mol. The van der Waals surface area contributed by atoms with Gasteiger partial charge in [-0.1, -0.05) is 0 Å². The summed E-state index contributed by atoms with van der Waals surface area (Å²) in [6.07, 6.45) is 4.92. The highest BCUT2D eigenvalue weighted by Gasteiger charge is 2.23. The molecule has 1 aromatic rings. The van der Waals surface area contributed by atoms with Crippen molar-refractivity contribution in [3.63, 3.8) is 0 Å². The molecule has 0 spiro atoms. The van der Waals surface area contributed by atoms with Crippen molar-refractivity contribution in [2.24, 2.45) is 0 Å². The zero-order valence-electron chi connectivity index (χ0n) is 13.0. The Morgan fingerprint density at radius 3 is 3.00 bits per heavy atom. The third-order valence-corrected chi connectivity index (χ3v) is 4.41. The van der Waals surface area contributed by atoms with Crippen LogP contribution in [0.2, 0.25) is 0 Å². The number of nitrogens with zero attached hydrogens (tertiary/aromatic N) is 3. The predicted octanol–water partition coefficient (Wildman–Crippen LogP) is 1.75. The van der Waals surface area contributed by atoms with Gasteiger partial charge in [-0.25, -0.2) is 4.68 Å². The minimum absolute atomic E-state index is 0.0134. The summed E-state index contributed by atoms with van der Waals surface area (Å²) in [5.74, 6) is 0. The quantitative estimate of drug-likeness (QED) is 0.851. The van der Waals surface area contributed by atoms with Gasteiger partial charge >= 0.3 is 0 Å². The summed E-state index contributed by atoms with van der Waals surface area (Å²) in [5, 5.41) is 4.54. The molecule has 1 aromatic heterocycles. The van der Waals surface area contributed by atoms with Crippen molar-refractivity contribution in [2.75, 3.05) is 19.7 Å². The van der Waals surface area contributed by atoms with Crippen LogP contribution in [-0.2, 0) is 17.7 Å². The molecule has 5 nitrogen and oxygen atoms in total. The van der Waals surface area contributed by atoms with Gasteiger partial charge in [-0.15, -0.1) is 0 Å². The SMILES string of the molecule is CC(C)n1nc2c(cc1=O)CN(CC1CCCCO1)CC2. The van der Waals surface area contributed by atoms with Crippen molar-refractivity contribution in [3.05, 3.63) is 27.7 Å². The monoisotopic (exact) mass is 291 g/mol. The van der Waals surface area contributed by atoms with Crippen molar-refractivity contribution in [1.29, 1.82) is 0 Å². The summed E-state index contributed by atoms with van der Waals surface area (Å²) in [7, 11) is 0. The fourth-order valence-corrected chi connectivity index (χ4v) is 3.24. The largest absolute Gasteiger partial charge is 0.377 e. The van der Waals surface area contributed by atoms with Gasteiger partial charge in [-0.3, -0.25) is 9.69 Å². The van der Waals surface area contributed by atoms with Gasteiger partial charge in [0.25, 0.3) is 5.56 Å². The van der Waals surface area contributed by atoms with E-state index in [4.69, 9.17) is 4.74 Å². The van der Waals surface area contributed by atoms with E-state index >= 15 is 0 Å². The second kappa shape index (κ2) is 6.28. The number of aromatic nitrogens is 2. The van der Waals surface area contributed by atoms with E-state index in [0.29, 0.717) is 6.10 Å². The molecule has 0 N–H and O–H groups in total. The van der Waals surface area contributed by atoms with Crippen LogP contribution in [0.25, 0.3) is 0 Å². The fraction of sp³-hybridized carbons (Fsp3) is 0.750. The first-order valence-corrected chi connectivity index (χ1v) is 8.09. The minimum Gasteiger partial charge on any atom is -0.377 e. The minimum atomic E-state index is 0.0134. The smallest absolute Gasteiger partial charge is 0.267 e. The number of rotatable bonds is 3. The molecule has 1 atom stereocenters. The van der Waals surface area contributed by atoms with Crippen molar-refractivity contribution in [3.8, 4) is 0 Å². The van der Waals surface area contributed by atoms with Crippen LogP contribution in [0.1, 0.15) is 50.4 Å². The standard InChI is InChI=1S/C16H25N3O2/c1-12(2)19-16(20)9-13-10-18(7-6-15(13)17-19)11-14-5-3-4-8-21-14/h9,12,14H,3-8,10-11H2,1-2H3. The highest BCUT2D eigenvalue weighted by atomic mass is 16.5. The maximum atomic E-state index is 12.1. The van der Waals surface area contributed by atoms with Gasteiger partial charge in [0.2, 0.25) is 0 Å². The van der Waals surface area contributed by atoms with E-state index in [0.717, 1.165) is 50.3 Å². The average Bonchev–Trinajstić information content (AvgIpc) is 2.47. The topological polar surface area (TPSA) is 47.4 Å². The molecule has 3 heterocycles. The van der Waals surface area contributed by atoms with Gasteiger partial charge < -0.3 is 4.74 Å². The third kappa shape index (κ3) is 3.35. The van der Waals surface area contributed by atoms with Crippen LogP contribution in [0.15, 0.2) is 10.9 Å². The van der Waals surface area contributed by atoms with Gasteiger partial charge in [0, 0.05) is 38.7 Å². The first kappa shape index (κ1) is 14.7. The van der Waals surface area contributed by atoms with Crippen LogP contribution in [0, 0.1) is 0 Å². The Balaban J connectivity index is 1.70. The van der Waals surface area contributed by atoms with E-state index in [2.05, 4.69) is 10.00 Å². The molecule has 2 aliphatic rings. The van der Waals surface area contributed by atoms with Crippen LogP contribution >= 0.6 is 0 Å². The van der Waals surface area contributed by atoms with Crippen molar-refractivity contribution in [2.45, 2.75) is 58.2 Å². The first-order valence-electron chi connectivity index (χ1n) is 8.09. The molecule has 1 unspecified atom stereocenters. The lowest BCUT2D eigenvalue weighted by Gasteiger charge is -2.33. The molecule has 0 saturated carbocycles. The molecule has 0 amide bonds. The van der Waals surface area contributed by atoms with Crippen LogP contribution in [0.4, 0.5) is 0 Å². The Morgan fingerprint density at radius 1 is 1.43 bits per heavy atom. The van der Waals surface area contributed by atoms with Crippen LogP contribution in [0.5, 0.6) is 0 Å². The average molecular weight is 291 g/mol. The van der Waals surface area contributed by atoms with Crippen molar-refractivity contribution < 1.29 is 4.74 Å². The summed E-state index contributed by atoms with van der Waals surface area (Å²) in [6.45, 7) is 7.71. The molecule has 0 aliphatic carbocycles. The molecule has 116 valence electrons. The molecule has 2 aliphatic heterocycles. The van der Waals surface area contributed by atoms with Gasteiger partial charge in [0.1, 0.15) is 0 Å². The van der Waals surface area contributed by atoms with Crippen molar-refractivity contribution in [1.82, 2.24) is 14.7 Å². The third-order valence-electron chi connectivity index (χ3n) is 4.41. The lowest BCUT2D eigenvalue weighted by atomic mass is 10.0. The Labute approximate surface area is 125 Å². The highest BCUT2D eigenvalue weighted by molar-refractivity contribution is 5.20. The summed E-state index contributed by atoms with van der Waals surface area (Å²) < 4.78 is 7.42. The molecule has 1 saturated heterocycles. The van der Waals surface area contributed by atoms with Crippen molar-refractivity contribution >= 4 is 0 Å². The summed E-state index contributed by atoms with van der Waals surface area (Å²) in [4.78, 5) is 14.5. The van der Waals surface area contributed by atoms with Gasteiger partial charge in [-0.2, -0.15) is 5.10 Å². The molecule has 5 heteroatoms. The Morgan fingerprint density at radius 2 is 2.29 bits per heavy atom. The Hall–Kier alpha value is -1.20. The number of hydrogen-bond acceptors (Lipinski definition) is 4. The maximum absolute atomic E-state index is 12.1. The Bertz CT molecular complexity index is 547. The van der Waals surface area contributed by atoms with E-state index in [-0.39, 0.29) is 11.6 Å². The molecular formula is C16H25N3O2. The Kier molecular flexibility index (Phi) is 4.40. The highest BCUT2D eigenvalue weighted by Crippen LogP contribution is 2.19. The number of hydrogen-bond donors (Lipinski definition) is 0. The lowest BCUT2D eigenvalue weighted by Crippen LogP contribution is -2.40. The second-order valence-electron chi connectivity index (χ2n) is 6.47. The molecule has 0 bridgehead atoms. The molecule has 21 heavy (non-hydrogen) atoms. The van der Waals surface area contributed by atoms with E-state index in [9.17, 15) is 4.79 Å².